The first-order valence-corrected chi connectivity index (χ1v) is 6.47. The maximum absolute atomic E-state index is 7.89. The molecule has 2 aromatic rings. The van der Waals surface area contributed by atoms with Crippen LogP contribution in [0.15, 0.2) is 35.4 Å². The minimum atomic E-state index is 0.369. The fraction of sp³-hybridized carbons (Fsp3) is 0.250. The summed E-state index contributed by atoms with van der Waals surface area (Å²) in [5, 5.41) is 12.1. The molecule has 1 heterocycles. The molecule has 0 spiro atoms. The van der Waals surface area contributed by atoms with Crippen molar-refractivity contribution in [2.24, 2.45) is 5.10 Å². The molecule has 0 radical (unpaired) electrons. The van der Waals surface area contributed by atoms with E-state index in [0.29, 0.717) is 10.7 Å². The van der Waals surface area contributed by atoms with Crippen molar-refractivity contribution in [2.75, 3.05) is 5.43 Å². The Bertz CT molecular complexity index is 596. The van der Waals surface area contributed by atoms with Gasteiger partial charge in [0.15, 0.2) is 0 Å². The Balaban J connectivity index is 2.37. The lowest BCUT2D eigenvalue weighted by atomic mass is 10.3. The molecule has 0 saturated carbocycles. The molecule has 0 bridgehead atoms. The molecule has 94 valence electrons. The van der Waals surface area contributed by atoms with Gasteiger partial charge >= 0.3 is 0 Å². The first kappa shape index (κ1) is 12.5. The van der Waals surface area contributed by atoms with Crippen LogP contribution in [-0.2, 0) is 0 Å². The molecule has 2 N–H and O–H groups in total. The van der Waals surface area contributed by atoms with Gasteiger partial charge in [-0.3, -0.25) is 9.98 Å². The number of hydrazone groups is 1. The summed E-state index contributed by atoms with van der Waals surface area (Å²) in [6, 6.07) is 9.69. The SMILES string of the molecule is CC/C(C)=N\Nc1nsc(=N)n1-c1ccccc1. The highest BCUT2D eigenvalue weighted by Crippen LogP contribution is 2.12. The number of benzene rings is 1. The second-order valence-electron chi connectivity index (χ2n) is 3.79. The van der Waals surface area contributed by atoms with Crippen molar-refractivity contribution in [3.05, 3.63) is 35.1 Å². The Kier molecular flexibility index (Phi) is 3.88. The van der Waals surface area contributed by atoms with E-state index < -0.39 is 0 Å². The quantitative estimate of drug-likeness (QED) is 0.656. The normalized spacial score (nSPS) is 11.6. The van der Waals surface area contributed by atoms with Gasteiger partial charge in [-0.2, -0.15) is 9.47 Å². The van der Waals surface area contributed by atoms with Crippen molar-refractivity contribution in [2.45, 2.75) is 20.3 Å². The Hall–Kier alpha value is -1.95. The van der Waals surface area contributed by atoms with Crippen LogP contribution in [0.5, 0.6) is 0 Å². The highest BCUT2D eigenvalue weighted by molar-refractivity contribution is 7.03. The average molecular weight is 261 g/mol. The predicted octanol–water partition coefficient (Wildman–Crippen LogP) is 2.61. The van der Waals surface area contributed by atoms with Crippen LogP contribution < -0.4 is 10.2 Å². The van der Waals surface area contributed by atoms with Crippen molar-refractivity contribution < 1.29 is 0 Å². The summed E-state index contributed by atoms with van der Waals surface area (Å²) in [4.78, 5) is 0.369. The van der Waals surface area contributed by atoms with Gasteiger partial charge in [-0.05, 0) is 25.5 Å². The molecule has 1 aromatic heterocycles. The summed E-state index contributed by atoms with van der Waals surface area (Å²) in [5.74, 6) is 0.573. The Labute approximate surface area is 109 Å². The van der Waals surface area contributed by atoms with Crippen LogP contribution in [0.25, 0.3) is 5.69 Å². The van der Waals surface area contributed by atoms with Crippen molar-refractivity contribution >= 4 is 23.2 Å². The second kappa shape index (κ2) is 5.59. The largest absolute Gasteiger partial charge is 0.273 e. The molecule has 0 saturated heterocycles. The van der Waals surface area contributed by atoms with Crippen LogP contribution in [-0.4, -0.2) is 14.7 Å². The second-order valence-corrected chi connectivity index (χ2v) is 4.55. The zero-order chi connectivity index (χ0) is 13.0. The number of nitrogens with one attached hydrogen (secondary N) is 2. The van der Waals surface area contributed by atoms with Crippen molar-refractivity contribution in [1.82, 2.24) is 8.94 Å². The van der Waals surface area contributed by atoms with Crippen LogP contribution in [0.4, 0.5) is 5.95 Å². The van der Waals surface area contributed by atoms with Crippen LogP contribution in [0.1, 0.15) is 20.3 Å². The summed E-state index contributed by atoms with van der Waals surface area (Å²) in [5.41, 5.74) is 4.81. The lowest BCUT2D eigenvalue weighted by Gasteiger charge is -2.06. The van der Waals surface area contributed by atoms with E-state index in [9.17, 15) is 0 Å². The molecule has 0 aliphatic heterocycles. The number of anilines is 1. The topological polar surface area (TPSA) is 66.1 Å². The highest BCUT2D eigenvalue weighted by Gasteiger charge is 2.07. The molecule has 0 aliphatic rings. The third-order valence-electron chi connectivity index (χ3n) is 2.51. The van der Waals surface area contributed by atoms with Crippen molar-refractivity contribution in [1.29, 1.82) is 5.41 Å². The van der Waals surface area contributed by atoms with Gasteiger partial charge in [-0.25, -0.2) is 5.43 Å². The summed E-state index contributed by atoms with van der Waals surface area (Å²) in [6.45, 7) is 4.00. The molecular weight excluding hydrogens is 246 g/mol. The minimum absolute atomic E-state index is 0.369. The molecule has 1 aromatic carbocycles. The van der Waals surface area contributed by atoms with Crippen LogP contribution in [0, 0.1) is 5.41 Å². The summed E-state index contributed by atoms with van der Waals surface area (Å²) in [7, 11) is 0. The van der Waals surface area contributed by atoms with Gasteiger partial charge in [0.25, 0.3) is 0 Å². The molecule has 0 fully saturated rings. The summed E-state index contributed by atoms with van der Waals surface area (Å²) < 4.78 is 5.93. The maximum Gasteiger partial charge on any atom is 0.241 e. The number of aromatic nitrogens is 2. The molecule has 6 heteroatoms. The molecule has 0 aliphatic carbocycles. The number of para-hydroxylation sites is 1. The number of hydrogen-bond donors (Lipinski definition) is 2. The van der Waals surface area contributed by atoms with Crippen LogP contribution in [0.3, 0.4) is 0 Å². The van der Waals surface area contributed by atoms with Gasteiger partial charge in [0.2, 0.25) is 10.7 Å². The van der Waals surface area contributed by atoms with Crippen LogP contribution >= 0.6 is 11.5 Å². The lowest BCUT2D eigenvalue weighted by Crippen LogP contribution is -2.13. The Morgan fingerprint density at radius 3 is 2.83 bits per heavy atom. The van der Waals surface area contributed by atoms with Gasteiger partial charge in [0, 0.05) is 17.2 Å². The van der Waals surface area contributed by atoms with Crippen molar-refractivity contribution in [3.8, 4) is 5.69 Å². The number of hydrogen-bond acceptors (Lipinski definition) is 5. The van der Waals surface area contributed by atoms with E-state index in [1.54, 1.807) is 4.57 Å². The van der Waals surface area contributed by atoms with Gasteiger partial charge < -0.3 is 0 Å². The molecule has 5 nitrogen and oxygen atoms in total. The standard InChI is InChI=1S/C12H15N5S/c1-3-9(2)14-15-12-16-18-11(13)17(12)10-7-5-4-6-8-10/h4-8,13H,3H2,1-2H3,(H,15,16)/b13-11?,14-9-. The summed E-state index contributed by atoms with van der Waals surface area (Å²) >= 11 is 1.13. The smallest absolute Gasteiger partial charge is 0.241 e. The predicted molar refractivity (Wildman–Crippen MR) is 74.3 cm³/mol. The van der Waals surface area contributed by atoms with E-state index in [1.807, 2.05) is 44.2 Å². The number of nitrogens with zero attached hydrogens (tertiary/aromatic N) is 3. The molecule has 0 unspecified atom stereocenters. The zero-order valence-corrected chi connectivity index (χ0v) is 11.2. The van der Waals surface area contributed by atoms with E-state index in [-0.39, 0.29) is 0 Å². The monoisotopic (exact) mass is 261 g/mol. The fourth-order valence-corrected chi connectivity index (χ4v) is 1.94. The van der Waals surface area contributed by atoms with E-state index in [2.05, 4.69) is 14.9 Å². The van der Waals surface area contributed by atoms with E-state index in [4.69, 9.17) is 5.41 Å². The van der Waals surface area contributed by atoms with Gasteiger partial charge in [0.05, 0.1) is 5.69 Å². The third-order valence-corrected chi connectivity index (χ3v) is 3.13. The summed E-state index contributed by atoms with van der Waals surface area (Å²) in [6.07, 6.45) is 0.885. The average Bonchev–Trinajstić information content (AvgIpc) is 2.78. The highest BCUT2D eigenvalue weighted by atomic mass is 32.1. The Morgan fingerprint density at radius 1 is 1.44 bits per heavy atom. The molecule has 18 heavy (non-hydrogen) atoms. The Morgan fingerprint density at radius 2 is 2.17 bits per heavy atom. The first-order valence-electron chi connectivity index (χ1n) is 5.70. The van der Waals surface area contributed by atoms with Crippen LogP contribution in [0.2, 0.25) is 0 Å². The fourth-order valence-electron chi connectivity index (χ4n) is 1.38. The molecule has 2 rings (SSSR count). The van der Waals surface area contributed by atoms with E-state index in [1.165, 1.54) is 0 Å². The van der Waals surface area contributed by atoms with Gasteiger partial charge in [-0.1, -0.05) is 25.1 Å². The molecule has 0 atom stereocenters. The van der Waals surface area contributed by atoms with Gasteiger partial charge in [-0.15, -0.1) is 0 Å². The van der Waals surface area contributed by atoms with Gasteiger partial charge in [0.1, 0.15) is 0 Å². The van der Waals surface area contributed by atoms with Crippen molar-refractivity contribution in [3.63, 3.8) is 0 Å². The molecular formula is C12H15N5S. The van der Waals surface area contributed by atoms with E-state index in [0.717, 1.165) is 29.4 Å². The number of rotatable bonds is 4. The zero-order valence-electron chi connectivity index (χ0n) is 10.3. The third kappa shape index (κ3) is 2.65. The minimum Gasteiger partial charge on any atom is -0.273 e. The maximum atomic E-state index is 7.89. The lowest BCUT2D eigenvalue weighted by molar-refractivity contribution is 0.956. The molecule has 0 amide bonds. The first-order chi connectivity index (χ1) is 8.72. The van der Waals surface area contributed by atoms with E-state index >= 15 is 0 Å².